The molecule has 0 spiro atoms. The van der Waals surface area contributed by atoms with Crippen molar-refractivity contribution in [1.82, 2.24) is 20.2 Å². The van der Waals surface area contributed by atoms with Crippen molar-refractivity contribution in [3.05, 3.63) is 32.6 Å². The van der Waals surface area contributed by atoms with Gasteiger partial charge in [0.15, 0.2) is 0 Å². The van der Waals surface area contributed by atoms with Gasteiger partial charge in [0.1, 0.15) is 0 Å². The molecule has 0 fully saturated rings. The Labute approximate surface area is 123 Å². The van der Waals surface area contributed by atoms with Crippen molar-refractivity contribution in [1.29, 1.82) is 0 Å². The SMILES string of the molecule is CNCCCNC(=S)Cn1cc(C)c(=O)[nH]c1=O.Cl. The van der Waals surface area contributed by atoms with Gasteiger partial charge in [-0.05, 0) is 26.9 Å². The van der Waals surface area contributed by atoms with Crippen molar-refractivity contribution in [2.75, 3.05) is 20.1 Å². The lowest BCUT2D eigenvalue weighted by molar-refractivity contribution is 0.688. The molecule has 6 nitrogen and oxygen atoms in total. The maximum absolute atomic E-state index is 11.5. The third-order valence-corrected chi connectivity index (χ3v) is 2.70. The van der Waals surface area contributed by atoms with Gasteiger partial charge in [-0.1, -0.05) is 12.2 Å². The van der Waals surface area contributed by atoms with Crippen molar-refractivity contribution in [3.8, 4) is 0 Å². The molecule has 108 valence electrons. The zero-order chi connectivity index (χ0) is 13.5. The summed E-state index contributed by atoms with van der Waals surface area (Å²) in [5.41, 5.74) is -0.304. The van der Waals surface area contributed by atoms with Crippen molar-refractivity contribution < 1.29 is 0 Å². The largest absolute Gasteiger partial charge is 0.378 e. The summed E-state index contributed by atoms with van der Waals surface area (Å²) in [5.74, 6) is 0. The molecule has 0 radical (unpaired) electrons. The van der Waals surface area contributed by atoms with E-state index in [9.17, 15) is 9.59 Å². The predicted molar refractivity (Wildman–Crippen MR) is 82.5 cm³/mol. The minimum atomic E-state index is -0.440. The normalized spacial score (nSPS) is 9.79. The molecule has 8 heteroatoms. The quantitative estimate of drug-likeness (QED) is 0.501. The van der Waals surface area contributed by atoms with Crippen LogP contribution in [0.4, 0.5) is 0 Å². The van der Waals surface area contributed by atoms with Crippen LogP contribution in [-0.2, 0) is 6.54 Å². The minimum absolute atomic E-state index is 0. The number of hydrogen-bond acceptors (Lipinski definition) is 4. The Morgan fingerprint density at radius 3 is 2.74 bits per heavy atom. The summed E-state index contributed by atoms with van der Waals surface area (Å²) in [6, 6.07) is 0. The van der Waals surface area contributed by atoms with Gasteiger partial charge in [0.05, 0.1) is 11.5 Å². The smallest absolute Gasteiger partial charge is 0.328 e. The first-order chi connectivity index (χ1) is 8.54. The lowest BCUT2D eigenvalue weighted by atomic mass is 10.4. The van der Waals surface area contributed by atoms with E-state index in [0.717, 1.165) is 19.5 Å². The van der Waals surface area contributed by atoms with Gasteiger partial charge in [0.2, 0.25) is 0 Å². The van der Waals surface area contributed by atoms with Crippen LogP contribution in [0.15, 0.2) is 15.8 Å². The number of aromatic nitrogens is 2. The first-order valence-corrected chi connectivity index (χ1v) is 6.17. The highest BCUT2D eigenvalue weighted by Gasteiger charge is 2.03. The first-order valence-electron chi connectivity index (χ1n) is 5.76. The number of nitrogens with one attached hydrogen (secondary N) is 3. The molecule has 1 aromatic heterocycles. The first kappa shape index (κ1) is 17.8. The van der Waals surface area contributed by atoms with Crippen LogP contribution in [0.5, 0.6) is 0 Å². The molecular formula is C11H19ClN4O2S. The molecular weight excluding hydrogens is 288 g/mol. The van der Waals surface area contributed by atoms with Gasteiger partial charge in [-0.3, -0.25) is 14.3 Å². The Kier molecular flexibility index (Phi) is 8.29. The second-order valence-electron chi connectivity index (χ2n) is 4.01. The van der Waals surface area contributed by atoms with Crippen LogP contribution in [0.2, 0.25) is 0 Å². The average molecular weight is 307 g/mol. The number of aromatic amines is 1. The van der Waals surface area contributed by atoms with E-state index in [2.05, 4.69) is 15.6 Å². The molecule has 1 rings (SSSR count). The highest BCUT2D eigenvalue weighted by atomic mass is 35.5. The number of nitrogens with zero attached hydrogens (tertiary/aromatic N) is 1. The van der Waals surface area contributed by atoms with Crippen molar-refractivity contribution in [2.24, 2.45) is 0 Å². The molecule has 1 heterocycles. The topological polar surface area (TPSA) is 78.9 Å². The number of H-pyrrole nitrogens is 1. The van der Waals surface area contributed by atoms with Gasteiger partial charge >= 0.3 is 5.69 Å². The van der Waals surface area contributed by atoms with E-state index in [1.807, 2.05) is 7.05 Å². The monoisotopic (exact) mass is 306 g/mol. The molecule has 0 aliphatic rings. The maximum Gasteiger partial charge on any atom is 0.328 e. The molecule has 0 aliphatic heterocycles. The number of thiocarbonyl (C=S) groups is 1. The molecule has 0 atom stereocenters. The number of hydrogen-bond donors (Lipinski definition) is 3. The van der Waals surface area contributed by atoms with E-state index in [0.29, 0.717) is 10.6 Å². The molecule has 0 unspecified atom stereocenters. The van der Waals surface area contributed by atoms with Crippen molar-refractivity contribution in [2.45, 2.75) is 19.9 Å². The van der Waals surface area contributed by atoms with Crippen LogP contribution >= 0.6 is 24.6 Å². The fraction of sp³-hybridized carbons (Fsp3) is 0.545. The Bertz CT molecular complexity index is 526. The Morgan fingerprint density at radius 1 is 1.42 bits per heavy atom. The van der Waals surface area contributed by atoms with Gasteiger partial charge in [0.25, 0.3) is 5.56 Å². The van der Waals surface area contributed by atoms with Crippen LogP contribution in [0.3, 0.4) is 0 Å². The summed E-state index contributed by atoms with van der Waals surface area (Å²) in [6.07, 6.45) is 2.47. The molecule has 0 saturated heterocycles. The lowest BCUT2D eigenvalue weighted by Gasteiger charge is -2.09. The van der Waals surface area contributed by atoms with E-state index >= 15 is 0 Å². The summed E-state index contributed by atoms with van der Waals surface area (Å²) in [5, 5.41) is 6.10. The lowest BCUT2D eigenvalue weighted by Crippen LogP contribution is -2.36. The second-order valence-corrected chi connectivity index (χ2v) is 4.50. The zero-order valence-electron chi connectivity index (χ0n) is 11.0. The number of aryl methyl sites for hydroxylation is 1. The van der Waals surface area contributed by atoms with Crippen LogP contribution in [0.1, 0.15) is 12.0 Å². The fourth-order valence-electron chi connectivity index (χ4n) is 1.44. The van der Waals surface area contributed by atoms with Gasteiger partial charge < -0.3 is 10.6 Å². The Morgan fingerprint density at radius 2 is 2.11 bits per heavy atom. The molecule has 0 aromatic carbocycles. The molecule has 0 amide bonds. The third-order valence-electron chi connectivity index (χ3n) is 2.43. The van der Waals surface area contributed by atoms with E-state index in [-0.39, 0.29) is 24.5 Å². The van der Waals surface area contributed by atoms with E-state index in [4.69, 9.17) is 12.2 Å². The van der Waals surface area contributed by atoms with Gasteiger partial charge in [0, 0.05) is 18.3 Å². The third kappa shape index (κ3) is 6.00. The molecule has 19 heavy (non-hydrogen) atoms. The van der Waals surface area contributed by atoms with Gasteiger partial charge in [-0.25, -0.2) is 4.79 Å². The van der Waals surface area contributed by atoms with Crippen LogP contribution in [-0.4, -0.2) is 34.7 Å². The highest BCUT2D eigenvalue weighted by molar-refractivity contribution is 7.80. The molecule has 0 bridgehead atoms. The van der Waals surface area contributed by atoms with Crippen molar-refractivity contribution >= 4 is 29.6 Å². The van der Waals surface area contributed by atoms with Gasteiger partial charge in [-0.15, -0.1) is 12.4 Å². The van der Waals surface area contributed by atoms with Crippen LogP contribution < -0.4 is 21.9 Å². The molecule has 1 aromatic rings. The van der Waals surface area contributed by atoms with Crippen LogP contribution in [0, 0.1) is 6.92 Å². The highest BCUT2D eigenvalue weighted by Crippen LogP contribution is 1.86. The number of rotatable bonds is 6. The molecule has 3 N–H and O–H groups in total. The number of halogens is 1. The van der Waals surface area contributed by atoms with Crippen LogP contribution in [0.25, 0.3) is 0 Å². The minimum Gasteiger partial charge on any atom is -0.378 e. The fourth-order valence-corrected chi connectivity index (χ4v) is 1.68. The summed E-state index contributed by atoms with van der Waals surface area (Å²) in [4.78, 5) is 25.5. The standard InChI is InChI=1S/C11H18N4O2S.ClH/c1-8-6-15(11(17)14-10(8)16)7-9(18)13-5-3-4-12-2;/h6,12H,3-5,7H2,1-2H3,(H,13,18)(H,14,16,17);1H. The van der Waals surface area contributed by atoms with Gasteiger partial charge in [-0.2, -0.15) is 0 Å². The molecule has 0 aliphatic carbocycles. The maximum atomic E-state index is 11.5. The van der Waals surface area contributed by atoms with E-state index in [1.165, 1.54) is 10.8 Å². The predicted octanol–water partition coefficient (Wildman–Crippen LogP) is -0.207. The summed E-state index contributed by atoms with van der Waals surface area (Å²) in [7, 11) is 1.89. The van der Waals surface area contributed by atoms with Crippen molar-refractivity contribution in [3.63, 3.8) is 0 Å². The second kappa shape index (κ2) is 8.84. The zero-order valence-corrected chi connectivity index (χ0v) is 12.6. The summed E-state index contributed by atoms with van der Waals surface area (Å²) >= 11 is 5.14. The average Bonchev–Trinajstić information content (AvgIpc) is 2.32. The Hall–Kier alpha value is -1.18. The van der Waals surface area contributed by atoms with E-state index < -0.39 is 5.69 Å². The summed E-state index contributed by atoms with van der Waals surface area (Å²) < 4.78 is 1.39. The molecule has 0 saturated carbocycles. The Balaban J connectivity index is 0.00000324. The summed E-state index contributed by atoms with van der Waals surface area (Å²) in [6.45, 7) is 3.60. The van der Waals surface area contributed by atoms with E-state index in [1.54, 1.807) is 6.92 Å².